The third kappa shape index (κ3) is 5.05. The molecule has 4 nitrogen and oxygen atoms in total. The van der Waals surface area contributed by atoms with Gasteiger partial charge in [-0.3, -0.25) is 4.90 Å². The lowest BCUT2D eigenvalue weighted by molar-refractivity contribution is 0.0376. The number of thioether (sulfide) groups is 1. The Hall–Kier alpha value is -0.890. The highest BCUT2D eigenvalue weighted by Crippen LogP contribution is 2.36. The fraction of sp³-hybridized carbons (Fsp3) is 0.588. The number of morpholine rings is 1. The predicted molar refractivity (Wildman–Crippen MR) is 100 cm³/mol. The Bertz CT molecular complexity index is 567. The summed E-state index contributed by atoms with van der Waals surface area (Å²) in [6.45, 7) is 5.62. The van der Waals surface area contributed by atoms with Crippen LogP contribution in [0.2, 0.25) is 0 Å². The van der Waals surface area contributed by atoms with E-state index in [1.165, 1.54) is 6.07 Å². The Kier molecular flexibility index (Phi) is 6.71. The molecule has 0 spiro atoms. The zero-order chi connectivity index (χ0) is 16.8. The van der Waals surface area contributed by atoms with Crippen molar-refractivity contribution in [2.24, 2.45) is 0 Å². The molecule has 3 rings (SSSR count). The number of ether oxygens (including phenoxy) is 1. The van der Waals surface area contributed by atoms with Crippen molar-refractivity contribution >= 4 is 29.1 Å². The number of benzene rings is 1. The fourth-order valence-corrected chi connectivity index (χ4v) is 4.40. The van der Waals surface area contributed by atoms with Crippen LogP contribution >= 0.6 is 24.0 Å². The number of nitrogens with zero attached hydrogens (tertiary/aromatic N) is 1. The summed E-state index contributed by atoms with van der Waals surface area (Å²) in [5.74, 6) is 0.836. The number of halogens is 1. The quantitative estimate of drug-likeness (QED) is 0.614. The molecule has 0 amide bonds. The van der Waals surface area contributed by atoms with Crippen LogP contribution in [0.4, 0.5) is 4.39 Å². The van der Waals surface area contributed by atoms with Gasteiger partial charge in [-0.1, -0.05) is 0 Å². The average molecular weight is 370 g/mol. The summed E-state index contributed by atoms with van der Waals surface area (Å²) in [4.78, 5) is 3.56. The van der Waals surface area contributed by atoms with Crippen molar-refractivity contribution in [2.75, 3.05) is 45.1 Å². The van der Waals surface area contributed by atoms with E-state index in [1.807, 2.05) is 6.07 Å². The first kappa shape index (κ1) is 17.9. The first-order valence-electron chi connectivity index (χ1n) is 8.49. The van der Waals surface area contributed by atoms with Gasteiger partial charge in [0.05, 0.1) is 19.3 Å². The van der Waals surface area contributed by atoms with Gasteiger partial charge >= 0.3 is 0 Å². The lowest BCUT2D eigenvalue weighted by Gasteiger charge is -2.28. The molecule has 0 saturated carbocycles. The molecule has 1 aromatic rings. The van der Waals surface area contributed by atoms with Crippen LogP contribution in [0.5, 0.6) is 0 Å². The number of fused-ring (bicyclic) bond motifs is 1. The Morgan fingerprint density at radius 3 is 3.04 bits per heavy atom. The summed E-state index contributed by atoms with van der Waals surface area (Å²) >= 11 is 7.19. The van der Waals surface area contributed by atoms with E-state index in [1.54, 1.807) is 17.8 Å². The van der Waals surface area contributed by atoms with Crippen LogP contribution in [0.15, 0.2) is 23.1 Å². The van der Waals surface area contributed by atoms with E-state index in [4.69, 9.17) is 17.0 Å². The predicted octanol–water partition coefficient (Wildman–Crippen LogP) is 2.55. The number of nitrogens with one attached hydrogen (secondary N) is 2. The van der Waals surface area contributed by atoms with Gasteiger partial charge in [-0.05, 0) is 55.4 Å². The van der Waals surface area contributed by atoms with E-state index in [0.717, 1.165) is 68.4 Å². The molecule has 0 aliphatic carbocycles. The van der Waals surface area contributed by atoms with E-state index in [9.17, 15) is 4.39 Å². The van der Waals surface area contributed by atoms with Gasteiger partial charge in [0.15, 0.2) is 5.11 Å². The second kappa shape index (κ2) is 8.99. The summed E-state index contributed by atoms with van der Waals surface area (Å²) in [5, 5.41) is 7.28. The van der Waals surface area contributed by atoms with Gasteiger partial charge in [-0.15, -0.1) is 11.8 Å². The van der Waals surface area contributed by atoms with Crippen molar-refractivity contribution in [2.45, 2.75) is 23.8 Å². The number of rotatable bonds is 5. The minimum atomic E-state index is -0.188. The molecule has 2 heterocycles. The van der Waals surface area contributed by atoms with Crippen molar-refractivity contribution in [1.82, 2.24) is 15.5 Å². The van der Waals surface area contributed by atoms with Crippen LogP contribution in [0.1, 0.15) is 24.4 Å². The zero-order valence-corrected chi connectivity index (χ0v) is 15.4. The molecular formula is C17H24FN3OS2. The third-order valence-corrected chi connectivity index (χ3v) is 5.74. The van der Waals surface area contributed by atoms with Gasteiger partial charge in [-0.25, -0.2) is 4.39 Å². The van der Waals surface area contributed by atoms with Crippen LogP contribution in [0.25, 0.3) is 0 Å². The number of hydrogen-bond acceptors (Lipinski definition) is 4. The van der Waals surface area contributed by atoms with E-state index in [2.05, 4.69) is 15.5 Å². The molecule has 1 aromatic carbocycles. The van der Waals surface area contributed by atoms with Gasteiger partial charge in [0.2, 0.25) is 0 Å². The summed E-state index contributed by atoms with van der Waals surface area (Å²) in [6, 6.07) is 5.11. The summed E-state index contributed by atoms with van der Waals surface area (Å²) < 4.78 is 18.9. The Morgan fingerprint density at radius 1 is 1.38 bits per heavy atom. The smallest absolute Gasteiger partial charge is 0.166 e. The van der Waals surface area contributed by atoms with Gasteiger partial charge in [0.1, 0.15) is 5.82 Å². The molecule has 7 heteroatoms. The Balaban J connectivity index is 1.41. The standard InChI is InChI=1S/C17H24FN3OS2/c18-13-2-3-16-14(12-13)15(4-11-24-16)20-17(23)19-5-1-6-21-7-9-22-10-8-21/h2-3,12,15H,1,4-11H2,(H2,19,20,23)/t15-/m0/s1. The van der Waals surface area contributed by atoms with Crippen molar-refractivity contribution in [1.29, 1.82) is 0 Å². The Morgan fingerprint density at radius 2 is 2.21 bits per heavy atom. The molecule has 0 radical (unpaired) electrons. The molecule has 2 aliphatic rings. The largest absolute Gasteiger partial charge is 0.379 e. The lowest BCUT2D eigenvalue weighted by atomic mass is 10.0. The average Bonchev–Trinajstić information content (AvgIpc) is 2.60. The second-order valence-electron chi connectivity index (χ2n) is 6.08. The van der Waals surface area contributed by atoms with Gasteiger partial charge in [0, 0.05) is 30.3 Å². The van der Waals surface area contributed by atoms with Crippen LogP contribution in [-0.4, -0.2) is 55.2 Å². The topological polar surface area (TPSA) is 36.5 Å². The van der Waals surface area contributed by atoms with Crippen molar-refractivity contribution in [3.05, 3.63) is 29.6 Å². The number of thiocarbonyl (C=S) groups is 1. The van der Waals surface area contributed by atoms with Crippen molar-refractivity contribution in [3.8, 4) is 0 Å². The molecule has 132 valence electrons. The first-order chi connectivity index (χ1) is 11.7. The van der Waals surface area contributed by atoms with Gasteiger partial charge < -0.3 is 15.4 Å². The summed E-state index contributed by atoms with van der Waals surface area (Å²) in [7, 11) is 0. The molecule has 1 saturated heterocycles. The normalized spacial score (nSPS) is 21.1. The molecule has 1 fully saturated rings. The molecule has 2 N–H and O–H groups in total. The lowest BCUT2D eigenvalue weighted by Crippen LogP contribution is -2.41. The van der Waals surface area contributed by atoms with Crippen LogP contribution in [0.3, 0.4) is 0 Å². The molecule has 0 bridgehead atoms. The van der Waals surface area contributed by atoms with E-state index in [-0.39, 0.29) is 11.9 Å². The molecule has 0 aromatic heterocycles. The molecule has 1 atom stereocenters. The van der Waals surface area contributed by atoms with Crippen LogP contribution in [0, 0.1) is 5.82 Å². The SMILES string of the molecule is Fc1ccc2c(c1)[C@@H](NC(=S)NCCCN1CCOCC1)CCS2. The minimum Gasteiger partial charge on any atom is -0.379 e. The monoisotopic (exact) mass is 369 g/mol. The highest BCUT2D eigenvalue weighted by Gasteiger charge is 2.21. The second-order valence-corrected chi connectivity index (χ2v) is 7.62. The van der Waals surface area contributed by atoms with Gasteiger partial charge in [-0.2, -0.15) is 0 Å². The highest BCUT2D eigenvalue weighted by atomic mass is 32.2. The summed E-state index contributed by atoms with van der Waals surface area (Å²) in [5.41, 5.74) is 1.02. The van der Waals surface area contributed by atoms with Gasteiger partial charge in [0.25, 0.3) is 0 Å². The number of hydrogen-bond donors (Lipinski definition) is 2. The molecular weight excluding hydrogens is 345 g/mol. The maximum Gasteiger partial charge on any atom is 0.166 e. The highest BCUT2D eigenvalue weighted by molar-refractivity contribution is 7.99. The first-order valence-corrected chi connectivity index (χ1v) is 9.88. The fourth-order valence-electron chi connectivity index (χ4n) is 3.05. The van der Waals surface area contributed by atoms with E-state index < -0.39 is 0 Å². The molecule has 0 unspecified atom stereocenters. The van der Waals surface area contributed by atoms with Crippen LogP contribution < -0.4 is 10.6 Å². The van der Waals surface area contributed by atoms with Crippen LogP contribution in [-0.2, 0) is 4.74 Å². The maximum atomic E-state index is 13.5. The maximum absolute atomic E-state index is 13.5. The minimum absolute atomic E-state index is 0.0937. The van der Waals surface area contributed by atoms with Crippen molar-refractivity contribution in [3.63, 3.8) is 0 Å². The third-order valence-electron chi connectivity index (χ3n) is 4.36. The summed E-state index contributed by atoms with van der Waals surface area (Å²) in [6.07, 6.45) is 2.00. The molecule has 24 heavy (non-hydrogen) atoms. The van der Waals surface area contributed by atoms with E-state index in [0.29, 0.717) is 5.11 Å². The van der Waals surface area contributed by atoms with Crippen molar-refractivity contribution < 1.29 is 9.13 Å². The molecule has 2 aliphatic heterocycles. The Labute approximate surface area is 152 Å². The zero-order valence-electron chi connectivity index (χ0n) is 13.7. The van der Waals surface area contributed by atoms with E-state index >= 15 is 0 Å².